The first-order chi connectivity index (χ1) is 10.1. The third-order valence-electron chi connectivity index (χ3n) is 4.21. The predicted molar refractivity (Wildman–Crippen MR) is 77.7 cm³/mol. The number of carbonyl (C=O) groups excluding carboxylic acids is 1. The van der Waals surface area contributed by atoms with Crippen LogP contribution in [0.2, 0.25) is 0 Å². The zero-order valence-electron chi connectivity index (χ0n) is 11.8. The maximum atomic E-state index is 12.1. The van der Waals surface area contributed by atoms with E-state index >= 15 is 0 Å². The lowest BCUT2D eigenvalue weighted by molar-refractivity contribution is -0.139. The molecule has 0 aromatic heterocycles. The number of carbonyl (C=O) groups is 2. The van der Waals surface area contributed by atoms with Crippen molar-refractivity contribution in [2.45, 2.75) is 37.8 Å². The quantitative estimate of drug-likeness (QED) is 0.751. The Balaban J connectivity index is 1.62. The molecule has 2 saturated carbocycles. The molecule has 0 aliphatic heterocycles. The second-order valence-corrected chi connectivity index (χ2v) is 6.00. The smallest absolute Gasteiger partial charge is 0.330 e. The van der Waals surface area contributed by atoms with Crippen LogP contribution in [0.5, 0.6) is 0 Å². The van der Waals surface area contributed by atoms with E-state index in [1.165, 1.54) is 25.7 Å². The van der Waals surface area contributed by atoms with Gasteiger partial charge in [-0.05, 0) is 43.1 Å². The standard InChI is InChI=1S/C16H20N2O3/c19-15(20)14(10-4-2-1-3-5-10)18-16(21)17-13(11-6-7-11)12-8-9-12/h1-5,11-14H,6-9H2,(H,19,20)(H2,17,18,21)/t14-/m0/s1. The third kappa shape index (κ3) is 3.54. The van der Waals surface area contributed by atoms with Gasteiger partial charge >= 0.3 is 12.0 Å². The van der Waals surface area contributed by atoms with Crippen molar-refractivity contribution in [3.05, 3.63) is 35.9 Å². The zero-order valence-corrected chi connectivity index (χ0v) is 11.8. The monoisotopic (exact) mass is 288 g/mol. The molecule has 5 nitrogen and oxygen atoms in total. The number of nitrogens with one attached hydrogen (secondary N) is 2. The Morgan fingerprint density at radius 1 is 1.00 bits per heavy atom. The Morgan fingerprint density at radius 2 is 1.57 bits per heavy atom. The summed E-state index contributed by atoms with van der Waals surface area (Å²) in [5.41, 5.74) is 0.578. The van der Waals surface area contributed by atoms with Gasteiger partial charge < -0.3 is 15.7 Å². The van der Waals surface area contributed by atoms with Gasteiger partial charge in [0.25, 0.3) is 0 Å². The highest BCUT2D eigenvalue weighted by molar-refractivity contribution is 5.83. The van der Waals surface area contributed by atoms with Gasteiger partial charge in [-0.15, -0.1) is 0 Å². The van der Waals surface area contributed by atoms with E-state index in [0.717, 1.165) is 0 Å². The normalized spacial score (nSPS) is 19.1. The topological polar surface area (TPSA) is 78.4 Å². The summed E-state index contributed by atoms with van der Waals surface area (Å²) in [5, 5.41) is 14.9. The van der Waals surface area contributed by atoms with E-state index in [4.69, 9.17) is 0 Å². The summed E-state index contributed by atoms with van der Waals surface area (Å²) < 4.78 is 0. The second kappa shape index (κ2) is 5.76. The van der Waals surface area contributed by atoms with Crippen molar-refractivity contribution < 1.29 is 14.7 Å². The predicted octanol–water partition coefficient (Wildman–Crippen LogP) is 2.30. The molecule has 3 rings (SSSR count). The van der Waals surface area contributed by atoms with Crippen molar-refractivity contribution >= 4 is 12.0 Å². The maximum absolute atomic E-state index is 12.1. The molecule has 0 unspecified atom stereocenters. The van der Waals surface area contributed by atoms with Gasteiger partial charge in [-0.3, -0.25) is 0 Å². The average molecular weight is 288 g/mol. The van der Waals surface area contributed by atoms with Crippen LogP contribution < -0.4 is 10.6 Å². The molecule has 21 heavy (non-hydrogen) atoms. The van der Waals surface area contributed by atoms with Crippen LogP contribution in [0.25, 0.3) is 0 Å². The molecule has 2 fully saturated rings. The molecule has 2 amide bonds. The van der Waals surface area contributed by atoms with Crippen LogP contribution >= 0.6 is 0 Å². The van der Waals surface area contributed by atoms with Crippen molar-refractivity contribution in [3.63, 3.8) is 0 Å². The Bertz CT molecular complexity index is 512. The maximum Gasteiger partial charge on any atom is 0.330 e. The molecule has 2 aliphatic rings. The molecular weight excluding hydrogens is 268 g/mol. The number of carboxylic acids is 1. The number of urea groups is 1. The van der Waals surface area contributed by atoms with Crippen molar-refractivity contribution in [3.8, 4) is 0 Å². The summed E-state index contributed by atoms with van der Waals surface area (Å²) in [6.45, 7) is 0. The lowest BCUT2D eigenvalue weighted by Gasteiger charge is -2.21. The summed E-state index contributed by atoms with van der Waals surface area (Å²) in [5.74, 6) is 0.122. The zero-order chi connectivity index (χ0) is 14.8. The minimum atomic E-state index is -1.05. The van der Waals surface area contributed by atoms with Crippen LogP contribution in [0.15, 0.2) is 30.3 Å². The summed E-state index contributed by atoms with van der Waals surface area (Å²) in [7, 11) is 0. The third-order valence-corrected chi connectivity index (χ3v) is 4.21. The van der Waals surface area contributed by atoms with E-state index < -0.39 is 12.0 Å². The fraction of sp³-hybridized carbons (Fsp3) is 0.500. The van der Waals surface area contributed by atoms with Crippen LogP contribution in [0.4, 0.5) is 4.79 Å². The molecule has 3 N–H and O–H groups in total. The van der Waals surface area contributed by atoms with Crippen molar-refractivity contribution in [2.75, 3.05) is 0 Å². The van der Waals surface area contributed by atoms with E-state index in [1.807, 2.05) is 6.07 Å². The highest BCUT2D eigenvalue weighted by atomic mass is 16.4. The van der Waals surface area contributed by atoms with E-state index in [9.17, 15) is 14.7 Å². The summed E-state index contributed by atoms with van der Waals surface area (Å²) in [4.78, 5) is 23.5. The number of benzene rings is 1. The first-order valence-corrected chi connectivity index (χ1v) is 7.50. The number of amides is 2. The molecule has 1 aromatic rings. The van der Waals surface area contributed by atoms with Crippen LogP contribution in [0.3, 0.4) is 0 Å². The van der Waals surface area contributed by atoms with Gasteiger partial charge in [0, 0.05) is 6.04 Å². The molecule has 0 heterocycles. The van der Waals surface area contributed by atoms with Gasteiger partial charge in [0.05, 0.1) is 0 Å². The van der Waals surface area contributed by atoms with Gasteiger partial charge in [-0.1, -0.05) is 30.3 Å². The van der Waals surface area contributed by atoms with Crippen molar-refractivity contribution in [2.24, 2.45) is 11.8 Å². The molecule has 1 atom stereocenters. The number of aliphatic carboxylic acids is 1. The minimum Gasteiger partial charge on any atom is -0.479 e. The Morgan fingerprint density at radius 3 is 2.05 bits per heavy atom. The first kappa shape index (κ1) is 13.9. The van der Waals surface area contributed by atoms with Gasteiger partial charge in [0.15, 0.2) is 6.04 Å². The van der Waals surface area contributed by atoms with E-state index in [2.05, 4.69) is 10.6 Å². The highest BCUT2D eigenvalue weighted by Crippen LogP contribution is 2.44. The van der Waals surface area contributed by atoms with Crippen LogP contribution in [-0.2, 0) is 4.79 Å². The summed E-state index contributed by atoms with van der Waals surface area (Å²) in [6, 6.07) is 7.59. The summed E-state index contributed by atoms with van der Waals surface area (Å²) >= 11 is 0. The fourth-order valence-corrected chi connectivity index (χ4v) is 2.79. The molecular formula is C16H20N2O3. The molecule has 112 valence electrons. The number of hydrogen-bond donors (Lipinski definition) is 3. The largest absolute Gasteiger partial charge is 0.479 e. The fourth-order valence-electron chi connectivity index (χ4n) is 2.79. The first-order valence-electron chi connectivity index (χ1n) is 7.50. The molecule has 2 aliphatic carbocycles. The summed E-state index contributed by atoms with van der Waals surface area (Å²) in [6.07, 6.45) is 4.68. The molecule has 5 heteroatoms. The Kier molecular flexibility index (Phi) is 3.82. The highest BCUT2D eigenvalue weighted by Gasteiger charge is 2.42. The van der Waals surface area contributed by atoms with Gasteiger partial charge in [-0.25, -0.2) is 9.59 Å². The molecule has 1 aromatic carbocycles. The molecule has 0 spiro atoms. The Hall–Kier alpha value is -2.04. The van der Waals surface area contributed by atoms with Crippen molar-refractivity contribution in [1.29, 1.82) is 0 Å². The van der Waals surface area contributed by atoms with Gasteiger partial charge in [0.1, 0.15) is 0 Å². The van der Waals surface area contributed by atoms with E-state index in [-0.39, 0.29) is 12.1 Å². The van der Waals surface area contributed by atoms with Crippen LogP contribution in [-0.4, -0.2) is 23.1 Å². The SMILES string of the molecule is O=C(NC(C1CC1)C1CC1)N[C@H](C(=O)O)c1ccccc1. The van der Waals surface area contributed by atoms with E-state index in [0.29, 0.717) is 17.4 Å². The van der Waals surface area contributed by atoms with Crippen molar-refractivity contribution in [1.82, 2.24) is 10.6 Å². The molecule has 0 radical (unpaired) electrons. The van der Waals surface area contributed by atoms with E-state index in [1.54, 1.807) is 24.3 Å². The molecule has 0 bridgehead atoms. The number of carboxylic acid groups (broad SMARTS) is 1. The van der Waals surface area contributed by atoms with Crippen LogP contribution in [0.1, 0.15) is 37.3 Å². The second-order valence-electron chi connectivity index (χ2n) is 6.00. The Labute approximate surface area is 123 Å². The molecule has 0 saturated heterocycles. The lowest BCUT2D eigenvalue weighted by atomic mass is 10.1. The minimum absolute atomic E-state index is 0.218. The number of hydrogen-bond acceptors (Lipinski definition) is 2. The van der Waals surface area contributed by atoms with Crippen LogP contribution in [0, 0.1) is 11.8 Å². The number of rotatable bonds is 6. The van der Waals surface area contributed by atoms with Gasteiger partial charge in [-0.2, -0.15) is 0 Å². The van der Waals surface area contributed by atoms with Gasteiger partial charge in [0.2, 0.25) is 0 Å². The average Bonchev–Trinajstić information content (AvgIpc) is 3.36. The lowest BCUT2D eigenvalue weighted by Crippen LogP contribution is -2.46.